The van der Waals surface area contributed by atoms with Crippen LogP contribution in [0.1, 0.15) is 26.3 Å². The number of esters is 1. The van der Waals surface area contributed by atoms with Crippen LogP contribution < -0.4 is 14.5 Å². The first kappa shape index (κ1) is 34.7. The van der Waals surface area contributed by atoms with E-state index in [1.807, 2.05) is 15.9 Å². The van der Waals surface area contributed by atoms with Crippen molar-refractivity contribution in [3.63, 3.8) is 0 Å². The highest BCUT2D eigenvalue weighted by molar-refractivity contribution is 6.40. The number of hydrogen-bond donors (Lipinski definition) is 0. The van der Waals surface area contributed by atoms with E-state index in [-0.39, 0.29) is 46.1 Å². The number of nitrogens with zero attached hydrogens (tertiary/aromatic N) is 5. The van der Waals surface area contributed by atoms with Crippen LogP contribution in [0.25, 0.3) is 11.1 Å². The number of piperazine rings is 1. The van der Waals surface area contributed by atoms with Gasteiger partial charge in [-0.3, -0.25) is 9.69 Å². The number of amides is 1. The first-order valence-corrected chi connectivity index (χ1v) is 16.6. The van der Waals surface area contributed by atoms with Crippen molar-refractivity contribution in [1.82, 2.24) is 9.80 Å². The fraction of sp³-hybridized carbons (Fsp3) is 0.400. The number of nitriles is 1. The first-order valence-electron chi connectivity index (χ1n) is 15.9. The van der Waals surface area contributed by atoms with Crippen LogP contribution in [0.15, 0.2) is 42.5 Å². The molecule has 14 heteroatoms. The number of methoxy groups -OCH3 is 2. The van der Waals surface area contributed by atoms with Gasteiger partial charge in [0.15, 0.2) is 6.73 Å². The standard InChI is InChI=1S/C35H36Cl2FN5O6/c1-46-11-8-40-6-7-42(20-24(40)18-39)23-14-28(36)32(29(37)15-23)34(44)43-19-22-4-3-5-25(33(22)49-21-43)26-17-31(41-9-12-48-13-10-41)27(16-30(26)38)35(45)47-2/h3-5,14-17,24H,6-13,19-21H2,1-2H3/t24-/m0/s1. The lowest BCUT2D eigenvalue weighted by Gasteiger charge is -2.39. The summed E-state index contributed by atoms with van der Waals surface area (Å²) in [6.07, 6.45) is 0. The van der Waals surface area contributed by atoms with E-state index >= 15 is 4.39 Å². The second kappa shape index (κ2) is 15.2. The fourth-order valence-corrected chi connectivity index (χ4v) is 7.12. The van der Waals surface area contributed by atoms with Crippen molar-refractivity contribution in [3.8, 4) is 22.9 Å². The van der Waals surface area contributed by atoms with Crippen molar-refractivity contribution in [2.75, 3.05) is 89.8 Å². The number of ether oxygens (including phenoxy) is 4. The van der Waals surface area contributed by atoms with Crippen molar-refractivity contribution < 1.29 is 32.9 Å². The van der Waals surface area contributed by atoms with Gasteiger partial charge in [-0.05, 0) is 24.3 Å². The molecule has 0 spiro atoms. The Bertz CT molecular complexity index is 1760. The molecular formula is C35H36Cl2FN5O6. The maximum Gasteiger partial charge on any atom is 0.340 e. The van der Waals surface area contributed by atoms with Crippen LogP contribution in [0, 0.1) is 17.1 Å². The molecule has 3 heterocycles. The largest absolute Gasteiger partial charge is 0.472 e. The van der Waals surface area contributed by atoms with E-state index in [4.69, 9.17) is 42.1 Å². The van der Waals surface area contributed by atoms with Gasteiger partial charge in [-0.15, -0.1) is 0 Å². The zero-order valence-corrected chi connectivity index (χ0v) is 28.7. The Labute approximate surface area is 294 Å². The zero-order valence-electron chi connectivity index (χ0n) is 27.2. The molecule has 3 aromatic rings. The second-order valence-corrected chi connectivity index (χ2v) is 12.7. The van der Waals surface area contributed by atoms with E-state index in [9.17, 15) is 14.9 Å². The predicted octanol–water partition coefficient (Wildman–Crippen LogP) is 5.08. The maximum absolute atomic E-state index is 15.7. The Kier molecular flexibility index (Phi) is 10.8. The number of halogens is 3. The van der Waals surface area contributed by atoms with Crippen LogP contribution in [0.3, 0.4) is 0 Å². The predicted molar refractivity (Wildman–Crippen MR) is 183 cm³/mol. The summed E-state index contributed by atoms with van der Waals surface area (Å²) in [5, 5.41) is 10.1. The van der Waals surface area contributed by atoms with Crippen LogP contribution in [0.2, 0.25) is 10.0 Å². The Balaban J connectivity index is 1.23. The van der Waals surface area contributed by atoms with Gasteiger partial charge in [0, 0.05) is 68.8 Å². The number of benzene rings is 3. The molecule has 6 rings (SSSR count). The third-order valence-corrected chi connectivity index (χ3v) is 9.67. The van der Waals surface area contributed by atoms with Gasteiger partial charge in [0.25, 0.3) is 5.91 Å². The van der Waals surface area contributed by atoms with Crippen LogP contribution in [-0.4, -0.2) is 108 Å². The van der Waals surface area contributed by atoms with Crippen molar-refractivity contribution >= 4 is 46.5 Å². The summed E-state index contributed by atoms with van der Waals surface area (Å²) in [7, 11) is 2.90. The molecule has 49 heavy (non-hydrogen) atoms. The summed E-state index contributed by atoms with van der Waals surface area (Å²) in [4.78, 5) is 34.0. The Hall–Kier alpha value is -4.12. The Morgan fingerprint density at radius 2 is 1.78 bits per heavy atom. The molecule has 2 fully saturated rings. The SMILES string of the molecule is COCCN1CCN(c2cc(Cl)c(C(=O)N3COc4c(cccc4-c4cc(N5CCOCC5)c(C(=O)OC)cc4F)C3)c(Cl)c2)C[C@@H]1C#N. The second-order valence-electron chi connectivity index (χ2n) is 11.9. The number of carbonyl (C=O) groups is 2. The van der Waals surface area contributed by atoms with Gasteiger partial charge >= 0.3 is 5.97 Å². The number of morpholine rings is 1. The number of fused-ring (bicyclic) bond motifs is 1. The summed E-state index contributed by atoms with van der Waals surface area (Å²) in [6, 6.07) is 13.6. The number of rotatable bonds is 8. The van der Waals surface area contributed by atoms with Crippen molar-refractivity contribution in [1.29, 1.82) is 5.26 Å². The number of carbonyl (C=O) groups excluding carboxylic acids is 2. The first-order chi connectivity index (χ1) is 23.7. The van der Waals surface area contributed by atoms with Gasteiger partial charge in [-0.2, -0.15) is 5.26 Å². The van der Waals surface area contributed by atoms with Crippen molar-refractivity contribution in [3.05, 3.63) is 75.0 Å². The number of anilines is 2. The highest BCUT2D eigenvalue weighted by atomic mass is 35.5. The van der Waals surface area contributed by atoms with E-state index in [0.717, 1.165) is 5.69 Å². The van der Waals surface area contributed by atoms with Gasteiger partial charge in [0.2, 0.25) is 0 Å². The number of hydrogen-bond acceptors (Lipinski definition) is 10. The van der Waals surface area contributed by atoms with Gasteiger partial charge in [0.05, 0.1) is 66.4 Å². The van der Waals surface area contributed by atoms with Gasteiger partial charge in [-0.1, -0.05) is 41.4 Å². The highest BCUT2D eigenvalue weighted by Gasteiger charge is 2.32. The van der Waals surface area contributed by atoms with Crippen LogP contribution in [0.5, 0.6) is 5.75 Å². The summed E-state index contributed by atoms with van der Waals surface area (Å²) in [6.45, 7) is 5.04. The van der Waals surface area contributed by atoms with Gasteiger partial charge in [-0.25, -0.2) is 9.18 Å². The smallest absolute Gasteiger partial charge is 0.340 e. The molecule has 3 aliphatic heterocycles. The minimum atomic E-state index is -0.635. The summed E-state index contributed by atoms with van der Waals surface area (Å²) in [5.74, 6) is -1.22. The molecule has 0 N–H and O–H groups in total. The Morgan fingerprint density at radius 1 is 1.02 bits per heavy atom. The maximum atomic E-state index is 15.7. The molecule has 2 saturated heterocycles. The summed E-state index contributed by atoms with van der Waals surface area (Å²) >= 11 is 13.4. The van der Waals surface area contributed by atoms with E-state index in [1.54, 1.807) is 37.4 Å². The molecule has 1 atom stereocenters. The molecule has 0 aromatic heterocycles. The normalized spacial score (nSPS) is 18.0. The topological polar surface area (TPSA) is 108 Å². The molecule has 258 valence electrons. The quantitative estimate of drug-likeness (QED) is 0.294. The lowest BCUT2D eigenvalue weighted by Crippen LogP contribution is -2.53. The van der Waals surface area contributed by atoms with Crippen LogP contribution in [0.4, 0.5) is 15.8 Å². The molecule has 1 amide bonds. The molecule has 0 saturated carbocycles. The van der Waals surface area contributed by atoms with Crippen LogP contribution in [-0.2, 0) is 20.8 Å². The molecular weight excluding hydrogens is 676 g/mol. The molecule has 0 bridgehead atoms. The van der Waals surface area contributed by atoms with Gasteiger partial charge < -0.3 is 33.6 Å². The third kappa shape index (κ3) is 7.13. The molecule has 0 radical (unpaired) electrons. The third-order valence-electron chi connectivity index (χ3n) is 9.07. The Morgan fingerprint density at radius 3 is 2.47 bits per heavy atom. The van der Waals surface area contributed by atoms with Crippen molar-refractivity contribution in [2.45, 2.75) is 12.6 Å². The minimum Gasteiger partial charge on any atom is -0.472 e. The van der Waals surface area contributed by atoms with Crippen LogP contribution >= 0.6 is 23.2 Å². The average Bonchev–Trinajstić information content (AvgIpc) is 3.13. The molecule has 0 aliphatic carbocycles. The van der Waals surface area contributed by atoms with E-state index in [1.165, 1.54) is 18.1 Å². The summed E-state index contributed by atoms with van der Waals surface area (Å²) < 4.78 is 37.4. The average molecular weight is 713 g/mol. The highest BCUT2D eigenvalue weighted by Crippen LogP contribution is 2.41. The van der Waals surface area contributed by atoms with Crippen molar-refractivity contribution in [2.24, 2.45) is 0 Å². The molecule has 0 unspecified atom stereocenters. The molecule has 3 aliphatic rings. The fourth-order valence-electron chi connectivity index (χ4n) is 6.48. The lowest BCUT2D eigenvalue weighted by atomic mass is 9.97. The molecule has 3 aromatic carbocycles. The minimum absolute atomic E-state index is 0.122. The zero-order chi connectivity index (χ0) is 34.7. The molecule has 11 nitrogen and oxygen atoms in total. The summed E-state index contributed by atoms with van der Waals surface area (Å²) in [5.41, 5.74) is 2.95. The van der Waals surface area contributed by atoms with E-state index in [2.05, 4.69) is 11.0 Å². The monoisotopic (exact) mass is 711 g/mol. The number of para-hydroxylation sites is 1. The van der Waals surface area contributed by atoms with E-state index < -0.39 is 17.7 Å². The van der Waals surface area contributed by atoms with Gasteiger partial charge in [0.1, 0.15) is 17.6 Å². The lowest BCUT2D eigenvalue weighted by molar-refractivity contribution is 0.0515. The van der Waals surface area contributed by atoms with E-state index in [0.29, 0.717) is 81.7 Å².